The maximum Gasteiger partial charge on any atom is 0.261 e. The van der Waals surface area contributed by atoms with E-state index in [4.69, 9.17) is 21.1 Å². The van der Waals surface area contributed by atoms with Gasteiger partial charge in [0.25, 0.3) is 5.91 Å². The van der Waals surface area contributed by atoms with Crippen molar-refractivity contribution in [1.82, 2.24) is 5.32 Å². The molecular formula is C22H28ClNO3. The zero-order valence-electron chi connectivity index (χ0n) is 16.6. The lowest BCUT2D eigenvalue weighted by Gasteiger charge is -2.24. The van der Waals surface area contributed by atoms with E-state index >= 15 is 0 Å². The van der Waals surface area contributed by atoms with Crippen LogP contribution in [0.3, 0.4) is 0 Å². The summed E-state index contributed by atoms with van der Waals surface area (Å²) in [6.07, 6.45) is 0.226. The molecule has 2 atom stereocenters. The smallest absolute Gasteiger partial charge is 0.261 e. The summed E-state index contributed by atoms with van der Waals surface area (Å²) in [5.74, 6) is 1.71. The minimum Gasteiger partial charge on any atom is -0.497 e. The third kappa shape index (κ3) is 6.17. The quantitative estimate of drug-likeness (QED) is 0.663. The van der Waals surface area contributed by atoms with Crippen molar-refractivity contribution in [2.75, 3.05) is 7.11 Å². The molecule has 5 heteroatoms. The molecule has 0 aromatic heterocycles. The fourth-order valence-electron chi connectivity index (χ4n) is 2.82. The molecule has 0 spiro atoms. The molecule has 0 aliphatic heterocycles. The van der Waals surface area contributed by atoms with Gasteiger partial charge in [0, 0.05) is 5.02 Å². The molecule has 0 saturated carbocycles. The average Bonchev–Trinajstić information content (AvgIpc) is 2.63. The van der Waals surface area contributed by atoms with Gasteiger partial charge in [-0.15, -0.1) is 0 Å². The largest absolute Gasteiger partial charge is 0.497 e. The summed E-state index contributed by atoms with van der Waals surface area (Å²) in [5.41, 5.74) is 1.96. The summed E-state index contributed by atoms with van der Waals surface area (Å²) in [6.45, 7) is 7.93. The van der Waals surface area contributed by atoms with Gasteiger partial charge in [-0.1, -0.05) is 37.6 Å². The number of hydrogen-bond donors (Lipinski definition) is 1. The Morgan fingerprint density at radius 3 is 2.26 bits per heavy atom. The third-order valence-electron chi connectivity index (χ3n) is 4.35. The SMILES string of the molecule is COc1ccc(C(CC(C)C)NC(=O)C(C)Oc2ccc(Cl)c(C)c2)cc1. The van der Waals surface area contributed by atoms with Crippen LogP contribution in [0.1, 0.15) is 44.4 Å². The fourth-order valence-corrected chi connectivity index (χ4v) is 2.94. The summed E-state index contributed by atoms with van der Waals surface area (Å²) in [5, 5.41) is 3.79. The second-order valence-electron chi connectivity index (χ2n) is 7.13. The van der Waals surface area contributed by atoms with Crippen LogP contribution in [0.5, 0.6) is 11.5 Å². The van der Waals surface area contributed by atoms with Crippen molar-refractivity contribution in [2.45, 2.75) is 46.3 Å². The Labute approximate surface area is 166 Å². The molecule has 27 heavy (non-hydrogen) atoms. The number of carbonyl (C=O) groups is 1. The predicted molar refractivity (Wildman–Crippen MR) is 110 cm³/mol. The highest BCUT2D eigenvalue weighted by Gasteiger charge is 2.21. The molecule has 2 aromatic carbocycles. The van der Waals surface area contributed by atoms with E-state index in [2.05, 4.69) is 19.2 Å². The van der Waals surface area contributed by atoms with E-state index in [0.717, 1.165) is 23.3 Å². The lowest BCUT2D eigenvalue weighted by Crippen LogP contribution is -2.39. The third-order valence-corrected chi connectivity index (χ3v) is 4.78. The number of nitrogens with one attached hydrogen (secondary N) is 1. The van der Waals surface area contributed by atoms with Crippen LogP contribution in [0, 0.1) is 12.8 Å². The van der Waals surface area contributed by atoms with Crippen molar-refractivity contribution in [3.05, 3.63) is 58.6 Å². The Morgan fingerprint density at radius 2 is 1.70 bits per heavy atom. The van der Waals surface area contributed by atoms with Crippen molar-refractivity contribution in [1.29, 1.82) is 0 Å². The first-order valence-corrected chi connectivity index (χ1v) is 9.55. The minimum absolute atomic E-state index is 0.0820. The second-order valence-corrected chi connectivity index (χ2v) is 7.54. The monoisotopic (exact) mass is 389 g/mol. The molecule has 0 heterocycles. The van der Waals surface area contributed by atoms with Gasteiger partial charge in [-0.2, -0.15) is 0 Å². The standard InChI is InChI=1S/C22H28ClNO3/c1-14(2)12-21(17-6-8-18(26-5)9-7-17)24-22(25)16(4)27-19-10-11-20(23)15(3)13-19/h6-11,13-14,16,21H,12H2,1-5H3,(H,24,25). The van der Waals surface area contributed by atoms with Gasteiger partial charge in [-0.25, -0.2) is 0 Å². The van der Waals surface area contributed by atoms with Crippen LogP contribution in [0.2, 0.25) is 5.02 Å². The highest BCUT2D eigenvalue weighted by atomic mass is 35.5. The molecule has 2 aromatic rings. The molecule has 0 radical (unpaired) electrons. The van der Waals surface area contributed by atoms with Crippen LogP contribution in [0.4, 0.5) is 0 Å². The number of benzene rings is 2. The molecule has 2 rings (SSSR count). The van der Waals surface area contributed by atoms with E-state index in [9.17, 15) is 4.79 Å². The Balaban J connectivity index is 2.07. The summed E-state index contributed by atoms with van der Waals surface area (Å²) in [4.78, 5) is 12.7. The fraction of sp³-hybridized carbons (Fsp3) is 0.409. The van der Waals surface area contributed by atoms with Gasteiger partial charge in [0.1, 0.15) is 11.5 Å². The highest BCUT2D eigenvalue weighted by Crippen LogP contribution is 2.25. The van der Waals surface area contributed by atoms with Crippen LogP contribution in [-0.2, 0) is 4.79 Å². The van der Waals surface area contributed by atoms with Crippen LogP contribution >= 0.6 is 11.6 Å². The average molecular weight is 390 g/mol. The van der Waals surface area contributed by atoms with Crippen molar-refractivity contribution in [3.8, 4) is 11.5 Å². The van der Waals surface area contributed by atoms with Gasteiger partial charge >= 0.3 is 0 Å². The van der Waals surface area contributed by atoms with Gasteiger partial charge in [0.2, 0.25) is 0 Å². The van der Waals surface area contributed by atoms with E-state index in [0.29, 0.717) is 16.7 Å². The number of halogens is 1. The number of hydrogen-bond acceptors (Lipinski definition) is 3. The maximum atomic E-state index is 12.7. The van der Waals surface area contributed by atoms with Crippen LogP contribution in [-0.4, -0.2) is 19.1 Å². The van der Waals surface area contributed by atoms with Crippen LogP contribution < -0.4 is 14.8 Å². The second kappa shape index (κ2) is 9.65. The Bertz CT molecular complexity index is 759. The molecule has 2 unspecified atom stereocenters. The molecule has 0 saturated heterocycles. The van der Waals surface area contributed by atoms with E-state index in [1.807, 2.05) is 37.3 Å². The molecule has 146 valence electrons. The van der Waals surface area contributed by atoms with Gasteiger partial charge < -0.3 is 14.8 Å². The molecule has 4 nitrogen and oxygen atoms in total. The minimum atomic E-state index is -0.613. The van der Waals surface area contributed by atoms with Gasteiger partial charge in [-0.3, -0.25) is 4.79 Å². The Morgan fingerprint density at radius 1 is 1.07 bits per heavy atom. The zero-order valence-corrected chi connectivity index (χ0v) is 17.3. The maximum absolute atomic E-state index is 12.7. The molecule has 0 bridgehead atoms. The number of methoxy groups -OCH3 is 1. The Hall–Kier alpha value is -2.20. The normalized spacial score (nSPS) is 13.1. The van der Waals surface area contributed by atoms with Gasteiger partial charge in [0.15, 0.2) is 6.10 Å². The lowest BCUT2D eigenvalue weighted by molar-refractivity contribution is -0.128. The molecule has 1 N–H and O–H groups in total. The first-order valence-electron chi connectivity index (χ1n) is 9.17. The number of amides is 1. The summed E-state index contributed by atoms with van der Waals surface area (Å²) < 4.78 is 11.0. The number of rotatable bonds is 8. The molecule has 0 aliphatic rings. The number of aryl methyl sites for hydroxylation is 1. The predicted octanol–water partition coefficient (Wildman–Crippen LogP) is 5.33. The van der Waals surface area contributed by atoms with Crippen molar-refractivity contribution in [3.63, 3.8) is 0 Å². The zero-order chi connectivity index (χ0) is 20.0. The van der Waals surface area contributed by atoms with Crippen LogP contribution in [0.15, 0.2) is 42.5 Å². The van der Waals surface area contributed by atoms with E-state index in [1.165, 1.54) is 0 Å². The molecule has 1 amide bonds. The summed E-state index contributed by atoms with van der Waals surface area (Å²) in [6, 6.07) is 13.1. The first kappa shape index (κ1) is 21.1. The van der Waals surface area contributed by atoms with E-state index in [-0.39, 0.29) is 11.9 Å². The lowest BCUT2D eigenvalue weighted by atomic mass is 9.96. The van der Waals surface area contributed by atoms with Gasteiger partial charge in [0.05, 0.1) is 13.2 Å². The molecule has 0 aliphatic carbocycles. The summed E-state index contributed by atoms with van der Waals surface area (Å²) >= 11 is 6.04. The molecular weight excluding hydrogens is 362 g/mol. The first-order chi connectivity index (χ1) is 12.8. The topological polar surface area (TPSA) is 47.6 Å². The Kier molecular flexibility index (Phi) is 7.55. The van der Waals surface area contributed by atoms with E-state index < -0.39 is 6.10 Å². The van der Waals surface area contributed by atoms with E-state index in [1.54, 1.807) is 26.2 Å². The highest BCUT2D eigenvalue weighted by molar-refractivity contribution is 6.31. The summed E-state index contributed by atoms with van der Waals surface area (Å²) in [7, 11) is 1.64. The molecule has 0 fully saturated rings. The van der Waals surface area contributed by atoms with Crippen molar-refractivity contribution >= 4 is 17.5 Å². The number of carbonyl (C=O) groups excluding carboxylic acids is 1. The number of ether oxygens (including phenoxy) is 2. The van der Waals surface area contributed by atoms with Crippen LogP contribution in [0.25, 0.3) is 0 Å². The van der Waals surface area contributed by atoms with Crippen molar-refractivity contribution < 1.29 is 14.3 Å². The van der Waals surface area contributed by atoms with Gasteiger partial charge in [-0.05, 0) is 67.6 Å². The van der Waals surface area contributed by atoms with Crippen molar-refractivity contribution in [2.24, 2.45) is 5.92 Å².